The second-order valence-corrected chi connectivity index (χ2v) is 8.80. The van der Waals surface area contributed by atoms with Crippen molar-refractivity contribution in [3.8, 4) is 0 Å². The van der Waals surface area contributed by atoms with E-state index < -0.39 is 16.1 Å². The number of piperazine rings is 1. The second kappa shape index (κ2) is 8.30. The van der Waals surface area contributed by atoms with E-state index in [2.05, 4.69) is 26.6 Å². The SMILES string of the molecule is O=C(NCc1ccccc1)C1CNCCN1S(=O)(=O)c1ccc(Br)cc1. The average molecular weight is 438 g/mol. The first-order valence-corrected chi connectivity index (χ1v) is 10.5. The molecule has 1 unspecified atom stereocenters. The Morgan fingerprint density at radius 1 is 1.15 bits per heavy atom. The average Bonchev–Trinajstić information content (AvgIpc) is 2.67. The third-order valence-corrected chi connectivity index (χ3v) is 6.68. The van der Waals surface area contributed by atoms with Gasteiger partial charge >= 0.3 is 0 Å². The van der Waals surface area contributed by atoms with Gasteiger partial charge in [0.1, 0.15) is 6.04 Å². The number of rotatable bonds is 5. The van der Waals surface area contributed by atoms with E-state index in [1.165, 1.54) is 4.31 Å². The molecular weight excluding hydrogens is 418 g/mol. The van der Waals surface area contributed by atoms with Crippen molar-refractivity contribution in [2.45, 2.75) is 17.5 Å². The Hall–Kier alpha value is -1.74. The predicted octanol–water partition coefficient (Wildman–Crippen LogP) is 1.73. The van der Waals surface area contributed by atoms with Crippen LogP contribution in [0.25, 0.3) is 0 Å². The van der Waals surface area contributed by atoms with Gasteiger partial charge < -0.3 is 10.6 Å². The molecular formula is C18H20BrN3O3S. The van der Waals surface area contributed by atoms with E-state index in [1.54, 1.807) is 24.3 Å². The third-order valence-electron chi connectivity index (χ3n) is 4.23. The molecule has 6 nitrogen and oxygen atoms in total. The summed E-state index contributed by atoms with van der Waals surface area (Å²) in [4.78, 5) is 12.8. The highest BCUT2D eigenvalue weighted by molar-refractivity contribution is 9.10. The van der Waals surface area contributed by atoms with E-state index in [0.717, 1.165) is 10.0 Å². The third kappa shape index (κ3) is 4.32. The molecule has 0 spiro atoms. The molecule has 2 aromatic rings. The lowest BCUT2D eigenvalue weighted by Crippen LogP contribution is -2.59. The summed E-state index contributed by atoms with van der Waals surface area (Å²) in [5.74, 6) is -0.304. The summed E-state index contributed by atoms with van der Waals surface area (Å²) >= 11 is 3.30. The molecule has 3 rings (SSSR count). The molecule has 0 bridgehead atoms. The zero-order chi connectivity index (χ0) is 18.6. The Balaban J connectivity index is 1.76. The first kappa shape index (κ1) is 19.0. The summed E-state index contributed by atoms with van der Waals surface area (Å²) < 4.78 is 28.1. The summed E-state index contributed by atoms with van der Waals surface area (Å²) in [5, 5.41) is 5.94. The van der Waals surface area contributed by atoms with Crippen molar-refractivity contribution in [1.82, 2.24) is 14.9 Å². The van der Waals surface area contributed by atoms with Gasteiger partial charge in [0.2, 0.25) is 15.9 Å². The van der Waals surface area contributed by atoms with Crippen LogP contribution >= 0.6 is 15.9 Å². The van der Waals surface area contributed by atoms with Crippen LogP contribution in [-0.4, -0.2) is 44.3 Å². The summed E-state index contributed by atoms with van der Waals surface area (Å²) in [6, 6.07) is 15.2. The summed E-state index contributed by atoms with van der Waals surface area (Å²) in [5.41, 5.74) is 0.965. The lowest BCUT2D eigenvalue weighted by atomic mass is 10.2. The van der Waals surface area contributed by atoms with E-state index in [9.17, 15) is 13.2 Å². The molecule has 0 aromatic heterocycles. The zero-order valence-electron chi connectivity index (χ0n) is 14.1. The molecule has 1 saturated heterocycles. The molecule has 0 aliphatic carbocycles. The van der Waals surface area contributed by atoms with E-state index in [1.807, 2.05) is 30.3 Å². The molecule has 1 fully saturated rings. The van der Waals surface area contributed by atoms with Gasteiger partial charge in [-0.2, -0.15) is 4.31 Å². The number of carbonyl (C=O) groups excluding carboxylic acids is 1. The molecule has 1 heterocycles. The molecule has 1 atom stereocenters. The molecule has 2 N–H and O–H groups in total. The Morgan fingerprint density at radius 2 is 1.85 bits per heavy atom. The van der Waals surface area contributed by atoms with Gasteiger partial charge in [0, 0.05) is 30.7 Å². The van der Waals surface area contributed by atoms with Gasteiger partial charge in [-0.25, -0.2) is 8.42 Å². The topological polar surface area (TPSA) is 78.5 Å². The highest BCUT2D eigenvalue weighted by Crippen LogP contribution is 2.21. The van der Waals surface area contributed by atoms with Crippen LogP contribution in [0.1, 0.15) is 5.56 Å². The fourth-order valence-electron chi connectivity index (χ4n) is 2.84. The minimum atomic E-state index is -3.74. The lowest BCUT2D eigenvalue weighted by Gasteiger charge is -2.34. The predicted molar refractivity (Wildman–Crippen MR) is 103 cm³/mol. The van der Waals surface area contributed by atoms with E-state index in [0.29, 0.717) is 13.1 Å². The molecule has 8 heteroatoms. The largest absolute Gasteiger partial charge is 0.351 e. The minimum absolute atomic E-state index is 0.184. The summed E-state index contributed by atoms with van der Waals surface area (Å²) in [6.45, 7) is 1.42. The zero-order valence-corrected chi connectivity index (χ0v) is 16.5. The van der Waals surface area contributed by atoms with Gasteiger partial charge in [-0.3, -0.25) is 4.79 Å². The number of hydrogen-bond donors (Lipinski definition) is 2. The van der Waals surface area contributed by atoms with Crippen molar-refractivity contribution in [3.63, 3.8) is 0 Å². The first-order chi connectivity index (χ1) is 12.5. The fourth-order valence-corrected chi connectivity index (χ4v) is 4.69. The van der Waals surface area contributed by atoms with Gasteiger partial charge in [-0.15, -0.1) is 0 Å². The molecule has 2 aromatic carbocycles. The van der Waals surface area contributed by atoms with Gasteiger partial charge in [-0.05, 0) is 29.8 Å². The molecule has 138 valence electrons. The maximum atomic E-state index is 13.0. The fraction of sp³-hybridized carbons (Fsp3) is 0.278. The Kier molecular flexibility index (Phi) is 6.08. The van der Waals surface area contributed by atoms with Gasteiger partial charge in [0.15, 0.2) is 0 Å². The monoisotopic (exact) mass is 437 g/mol. The molecule has 26 heavy (non-hydrogen) atoms. The van der Waals surface area contributed by atoms with Crippen molar-refractivity contribution >= 4 is 31.9 Å². The number of carbonyl (C=O) groups is 1. The van der Waals surface area contributed by atoms with Crippen LogP contribution in [0.4, 0.5) is 0 Å². The van der Waals surface area contributed by atoms with Crippen molar-refractivity contribution < 1.29 is 13.2 Å². The van der Waals surface area contributed by atoms with Crippen LogP contribution in [0, 0.1) is 0 Å². The van der Waals surface area contributed by atoms with Gasteiger partial charge in [0.25, 0.3) is 0 Å². The summed E-state index contributed by atoms with van der Waals surface area (Å²) in [6.07, 6.45) is 0. The maximum Gasteiger partial charge on any atom is 0.243 e. The van der Waals surface area contributed by atoms with Gasteiger partial charge in [0.05, 0.1) is 4.90 Å². The standard InChI is InChI=1S/C18H20BrN3O3S/c19-15-6-8-16(9-7-15)26(24,25)22-11-10-20-13-17(22)18(23)21-12-14-4-2-1-3-5-14/h1-9,17,20H,10-13H2,(H,21,23). The molecule has 0 radical (unpaired) electrons. The normalized spacial score (nSPS) is 18.4. The van der Waals surface area contributed by atoms with Crippen LogP contribution in [0.15, 0.2) is 64.0 Å². The number of nitrogens with zero attached hydrogens (tertiary/aromatic N) is 1. The van der Waals surface area contributed by atoms with Crippen LogP contribution in [0.3, 0.4) is 0 Å². The van der Waals surface area contributed by atoms with Crippen LogP contribution in [0.2, 0.25) is 0 Å². The number of benzene rings is 2. The van der Waals surface area contributed by atoms with Gasteiger partial charge in [-0.1, -0.05) is 46.3 Å². The van der Waals surface area contributed by atoms with Crippen LogP contribution < -0.4 is 10.6 Å². The Labute approximate surface area is 161 Å². The smallest absolute Gasteiger partial charge is 0.243 e. The molecule has 1 amide bonds. The quantitative estimate of drug-likeness (QED) is 0.746. The van der Waals surface area contributed by atoms with Crippen molar-refractivity contribution in [3.05, 3.63) is 64.6 Å². The number of amides is 1. The number of nitrogens with one attached hydrogen (secondary N) is 2. The molecule has 1 aliphatic heterocycles. The van der Waals surface area contributed by atoms with Crippen LogP contribution in [-0.2, 0) is 21.4 Å². The lowest BCUT2D eigenvalue weighted by molar-refractivity contribution is -0.125. The Morgan fingerprint density at radius 3 is 2.54 bits per heavy atom. The van der Waals surface area contributed by atoms with E-state index >= 15 is 0 Å². The number of halogens is 1. The number of sulfonamides is 1. The van der Waals surface area contributed by atoms with Crippen molar-refractivity contribution in [1.29, 1.82) is 0 Å². The highest BCUT2D eigenvalue weighted by atomic mass is 79.9. The van der Waals surface area contributed by atoms with E-state index in [-0.39, 0.29) is 23.9 Å². The van der Waals surface area contributed by atoms with Crippen molar-refractivity contribution in [2.24, 2.45) is 0 Å². The molecule has 1 aliphatic rings. The summed E-state index contributed by atoms with van der Waals surface area (Å²) in [7, 11) is -3.74. The maximum absolute atomic E-state index is 13.0. The Bertz CT molecular complexity index is 857. The first-order valence-electron chi connectivity index (χ1n) is 8.28. The highest BCUT2D eigenvalue weighted by Gasteiger charge is 2.37. The minimum Gasteiger partial charge on any atom is -0.351 e. The van der Waals surface area contributed by atoms with E-state index in [4.69, 9.17) is 0 Å². The van der Waals surface area contributed by atoms with Crippen molar-refractivity contribution in [2.75, 3.05) is 19.6 Å². The second-order valence-electron chi connectivity index (χ2n) is 5.99. The molecule has 0 saturated carbocycles. The number of hydrogen-bond acceptors (Lipinski definition) is 4. The van der Waals surface area contributed by atoms with Crippen LogP contribution in [0.5, 0.6) is 0 Å².